The summed E-state index contributed by atoms with van der Waals surface area (Å²) in [5, 5.41) is 6.11. The summed E-state index contributed by atoms with van der Waals surface area (Å²) in [5.74, 6) is 0.526. The summed E-state index contributed by atoms with van der Waals surface area (Å²) in [6.07, 6.45) is 8.78. The predicted octanol–water partition coefficient (Wildman–Crippen LogP) is 0.948. The number of hydrogen-bond donors (Lipinski definition) is 1. The first-order chi connectivity index (χ1) is 11.3. The first-order valence-electron chi connectivity index (χ1n) is 8.03. The van der Waals surface area contributed by atoms with Gasteiger partial charge in [-0.1, -0.05) is 42.5 Å². The van der Waals surface area contributed by atoms with Crippen LogP contribution in [0, 0.1) is 0 Å². The minimum absolute atomic E-state index is 0.125. The number of fused-ring (bicyclic) bond motifs is 2. The van der Waals surface area contributed by atoms with E-state index in [0.717, 1.165) is 43.1 Å². The van der Waals surface area contributed by atoms with Crippen molar-refractivity contribution in [2.45, 2.75) is 32.1 Å². The highest BCUT2D eigenvalue weighted by atomic mass is 16.1. The average molecular weight is 306 g/mol. The van der Waals surface area contributed by atoms with Crippen molar-refractivity contribution < 1.29 is 0 Å². The lowest BCUT2D eigenvalue weighted by molar-refractivity contribution is 0.729. The molecule has 1 N–H and O–H groups in total. The molecule has 3 aromatic rings. The summed E-state index contributed by atoms with van der Waals surface area (Å²) in [5.41, 5.74) is 2.12. The quantitative estimate of drug-likeness (QED) is 0.783. The Morgan fingerprint density at radius 1 is 1.26 bits per heavy atom. The molecule has 0 saturated carbocycles. The monoisotopic (exact) mass is 306 g/mol. The molecule has 1 aliphatic carbocycles. The molecule has 0 amide bonds. The van der Waals surface area contributed by atoms with Crippen LogP contribution in [0.1, 0.15) is 30.5 Å². The van der Waals surface area contributed by atoms with E-state index < -0.39 is 0 Å². The molecule has 1 aliphatic rings. The minimum Gasteiger partial charge on any atom is -0.289 e. The molecular weight excluding hydrogens is 288 g/mol. The van der Waals surface area contributed by atoms with Gasteiger partial charge >= 0.3 is 0 Å². The zero-order chi connectivity index (χ0) is 15.6. The van der Waals surface area contributed by atoms with Gasteiger partial charge in [-0.2, -0.15) is 9.61 Å². The Morgan fingerprint density at radius 2 is 2.13 bits per heavy atom. The molecule has 0 fully saturated rings. The molecule has 5 nitrogen and oxygen atoms in total. The van der Waals surface area contributed by atoms with E-state index in [-0.39, 0.29) is 5.56 Å². The normalized spacial score (nSPS) is 14.7. The molecule has 0 atom stereocenters. The van der Waals surface area contributed by atoms with Crippen LogP contribution in [-0.4, -0.2) is 19.6 Å². The number of rotatable bonds is 3. The van der Waals surface area contributed by atoms with Crippen LogP contribution in [0.15, 0.2) is 35.1 Å². The van der Waals surface area contributed by atoms with E-state index in [1.807, 2.05) is 24.3 Å². The Kier molecular flexibility index (Phi) is 3.54. The van der Waals surface area contributed by atoms with Gasteiger partial charge in [0.25, 0.3) is 5.56 Å². The van der Waals surface area contributed by atoms with Crippen molar-refractivity contribution in [2.75, 3.05) is 0 Å². The van der Waals surface area contributed by atoms with Gasteiger partial charge in [0, 0.05) is 0 Å². The molecule has 0 spiro atoms. The maximum atomic E-state index is 12.2. The second-order valence-corrected chi connectivity index (χ2v) is 5.84. The van der Waals surface area contributed by atoms with Crippen molar-refractivity contribution in [2.24, 2.45) is 0 Å². The molecule has 0 saturated heterocycles. The van der Waals surface area contributed by atoms with E-state index in [4.69, 9.17) is 0 Å². The van der Waals surface area contributed by atoms with Crippen LogP contribution >= 0.6 is 0 Å². The molecular formula is C18H18N4O. The Labute approximate surface area is 133 Å². The fraction of sp³-hybridized carbons (Fsp3) is 0.278. The lowest BCUT2D eigenvalue weighted by Gasteiger charge is -2.06. The summed E-state index contributed by atoms with van der Waals surface area (Å²) in [7, 11) is 0. The van der Waals surface area contributed by atoms with Gasteiger partial charge < -0.3 is 0 Å². The number of nitrogens with zero attached hydrogens (tertiary/aromatic N) is 3. The van der Waals surface area contributed by atoms with Gasteiger partial charge in [0.1, 0.15) is 5.35 Å². The fourth-order valence-electron chi connectivity index (χ4n) is 3.01. The summed E-state index contributed by atoms with van der Waals surface area (Å²) < 4.78 is 1.66. The number of nitrogens with one attached hydrogen (secondary N) is 1. The first-order valence-corrected chi connectivity index (χ1v) is 8.03. The van der Waals surface area contributed by atoms with Crippen LogP contribution in [0.4, 0.5) is 0 Å². The van der Waals surface area contributed by atoms with Crippen LogP contribution in [0.2, 0.25) is 0 Å². The Morgan fingerprint density at radius 3 is 3.00 bits per heavy atom. The molecule has 0 bridgehead atoms. The minimum atomic E-state index is -0.125. The van der Waals surface area contributed by atoms with E-state index in [0.29, 0.717) is 11.1 Å². The number of aromatic amines is 1. The molecule has 2 aromatic heterocycles. The highest BCUT2D eigenvalue weighted by molar-refractivity contribution is 5.34. The maximum absolute atomic E-state index is 12.2. The molecule has 0 radical (unpaired) electrons. The van der Waals surface area contributed by atoms with Crippen molar-refractivity contribution in [1.29, 1.82) is 0 Å². The topological polar surface area (TPSA) is 63.0 Å². The SMILES string of the molecule is O=c1[nH]c2nc3c(nn2/c1=C/CCc1ccccc1)CCCC=3. The molecule has 116 valence electrons. The van der Waals surface area contributed by atoms with Crippen LogP contribution < -0.4 is 16.3 Å². The second kappa shape index (κ2) is 5.83. The third-order valence-electron chi connectivity index (χ3n) is 4.20. The van der Waals surface area contributed by atoms with E-state index in [1.165, 1.54) is 5.56 Å². The molecule has 23 heavy (non-hydrogen) atoms. The molecule has 5 heteroatoms. The van der Waals surface area contributed by atoms with Crippen LogP contribution in [-0.2, 0) is 12.8 Å². The average Bonchev–Trinajstić information content (AvgIpc) is 2.88. The molecule has 0 unspecified atom stereocenters. The van der Waals surface area contributed by atoms with Gasteiger partial charge in [-0.3, -0.25) is 9.78 Å². The van der Waals surface area contributed by atoms with Crippen LogP contribution in [0.3, 0.4) is 0 Å². The lowest BCUT2D eigenvalue weighted by Crippen LogP contribution is -2.30. The van der Waals surface area contributed by atoms with Crippen molar-refractivity contribution in [3.05, 3.63) is 62.6 Å². The van der Waals surface area contributed by atoms with Gasteiger partial charge in [-0.15, -0.1) is 0 Å². The van der Waals surface area contributed by atoms with Gasteiger partial charge in [0.15, 0.2) is 0 Å². The van der Waals surface area contributed by atoms with Crippen molar-refractivity contribution >= 4 is 17.9 Å². The largest absolute Gasteiger partial charge is 0.289 e. The highest BCUT2D eigenvalue weighted by Gasteiger charge is 2.10. The third kappa shape index (κ3) is 2.70. The number of aryl methyl sites for hydroxylation is 2. The highest BCUT2D eigenvalue weighted by Crippen LogP contribution is 2.04. The zero-order valence-electron chi connectivity index (χ0n) is 12.8. The smallest absolute Gasteiger partial charge is 0.276 e. The van der Waals surface area contributed by atoms with E-state index in [9.17, 15) is 4.79 Å². The van der Waals surface area contributed by atoms with Gasteiger partial charge in [0.2, 0.25) is 5.78 Å². The summed E-state index contributed by atoms with van der Waals surface area (Å²) >= 11 is 0. The van der Waals surface area contributed by atoms with Crippen molar-refractivity contribution in [1.82, 2.24) is 19.6 Å². The van der Waals surface area contributed by atoms with Crippen molar-refractivity contribution in [3.8, 4) is 0 Å². The fourth-order valence-corrected chi connectivity index (χ4v) is 3.01. The Bertz CT molecular complexity index is 1010. The number of hydrogen-bond acceptors (Lipinski definition) is 3. The molecule has 0 aliphatic heterocycles. The van der Waals surface area contributed by atoms with E-state index in [2.05, 4.69) is 33.3 Å². The number of imidazole rings is 1. The van der Waals surface area contributed by atoms with Crippen LogP contribution in [0.5, 0.6) is 0 Å². The van der Waals surface area contributed by atoms with Gasteiger partial charge in [-0.25, -0.2) is 4.98 Å². The summed E-state index contributed by atoms with van der Waals surface area (Å²) in [4.78, 5) is 19.5. The van der Waals surface area contributed by atoms with E-state index >= 15 is 0 Å². The van der Waals surface area contributed by atoms with Crippen LogP contribution in [0.25, 0.3) is 17.9 Å². The van der Waals surface area contributed by atoms with Crippen molar-refractivity contribution in [3.63, 3.8) is 0 Å². The Balaban J connectivity index is 1.73. The number of benzene rings is 1. The van der Waals surface area contributed by atoms with Gasteiger partial charge in [-0.05, 0) is 37.7 Å². The van der Waals surface area contributed by atoms with Gasteiger partial charge in [0.05, 0.1) is 11.0 Å². The second-order valence-electron chi connectivity index (χ2n) is 5.84. The first kappa shape index (κ1) is 13.9. The maximum Gasteiger partial charge on any atom is 0.276 e. The predicted molar refractivity (Wildman–Crippen MR) is 89.5 cm³/mol. The number of H-pyrrole nitrogens is 1. The number of aromatic nitrogens is 4. The summed E-state index contributed by atoms with van der Waals surface area (Å²) in [6.45, 7) is 0. The lowest BCUT2D eigenvalue weighted by atomic mass is 10.1. The Hall–Kier alpha value is -2.69. The molecule has 2 heterocycles. The molecule has 1 aromatic carbocycles. The zero-order valence-corrected chi connectivity index (χ0v) is 12.8. The van der Waals surface area contributed by atoms with E-state index in [1.54, 1.807) is 4.52 Å². The molecule has 4 rings (SSSR count). The summed E-state index contributed by atoms with van der Waals surface area (Å²) in [6, 6.07) is 10.3. The third-order valence-corrected chi connectivity index (χ3v) is 4.20. The standard InChI is InChI=1S/C18H18N4O/c23-17-16(12-6-9-13-7-2-1-3-8-13)22-18(20-17)19-14-10-4-5-11-15(14)21-22/h1-3,7-8,10,12H,4-6,9,11H2,(H,19,20,23)/b16-12+.